The first kappa shape index (κ1) is 84.6. The molecular weight excluding hydrogens is 1570 g/mol. The van der Waals surface area contributed by atoms with Crippen LogP contribution in [0.2, 0.25) is 0 Å². The standard InChI is InChI=1S/C35H28O2.C31H24O2.2C27H24O2/c1-23-17-19-33(36)29(21-23)30-22-26(18-20-34(30)37)35(2,31-15-7-11-24-9-3-5-13-27(24)31)32-16-8-12-25-10-4-6-14-28(25)32;1-18-6-14-28(32)26(16-18)27-17-23(11-15-29(27)33)19(2)24-12-9-22-8-7-20-4-3-5-21-10-13-25(24)31(22)30(20)21;1-19-13-15-25(28)23(17-19)24-18-22(14-16-26(24)29)27(2,20-9-5-3-6-10-20)21-11-7-4-8-12-21;1-18-8-14-26(28)24(16-18)25-17-23(13-15-27(25)29)19(2)20-9-11-22(12-10-20)21-6-4-3-5-7-21/h3-22,36-37H,1-2H3;3-17,19,32-33H,1-2H3;3-18,28-29H,1-2H3;3-17,19,28-29H,1-2H3. The first-order valence-electron chi connectivity index (χ1n) is 43.4. The number of benzene rings is 20. The summed E-state index contributed by atoms with van der Waals surface area (Å²) in [5.41, 5.74) is 22.1. The largest absolute Gasteiger partial charge is 0.507 e. The van der Waals surface area contributed by atoms with E-state index in [1.54, 1.807) is 48.5 Å². The molecule has 8 N–H and O–H groups in total. The first-order chi connectivity index (χ1) is 62.0. The summed E-state index contributed by atoms with van der Waals surface area (Å²) in [6, 6.07) is 134. The summed E-state index contributed by atoms with van der Waals surface area (Å²) in [4.78, 5) is 0. The molecule has 20 rings (SSSR count). The van der Waals surface area contributed by atoms with Crippen molar-refractivity contribution in [2.45, 2.75) is 78.1 Å². The minimum absolute atomic E-state index is 0.112. The van der Waals surface area contributed by atoms with Gasteiger partial charge in [-0.3, -0.25) is 0 Å². The number of hydrogen-bond acceptors (Lipinski definition) is 8. The van der Waals surface area contributed by atoms with Gasteiger partial charge < -0.3 is 40.9 Å². The Bertz CT molecular complexity index is 7320. The molecular formula is C120H100O8. The normalized spacial score (nSPS) is 11.9. The van der Waals surface area contributed by atoms with E-state index in [1.165, 1.54) is 87.2 Å². The van der Waals surface area contributed by atoms with Crippen molar-refractivity contribution < 1.29 is 40.9 Å². The number of rotatable bonds is 15. The van der Waals surface area contributed by atoms with Crippen molar-refractivity contribution in [1.82, 2.24) is 0 Å². The Morgan fingerprint density at radius 1 is 0.203 bits per heavy atom. The van der Waals surface area contributed by atoms with Crippen LogP contribution >= 0.6 is 0 Å². The third kappa shape index (κ3) is 16.7. The van der Waals surface area contributed by atoms with Crippen molar-refractivity contribution in [3.05, 3.63) is 478 Å². The lowest BCUT2D eigenvalue weighted by atomic mass is 9.68. The molecule has 0 bridgehead atoms. The van der Waals surface area contributed by atoms with Gasteiger partial charge in [-0.15, -0.1) is 0 Å². The smallest absolute Gasteiger partial charge is 0.123 e. The van der Waals surface area contributed by atoms with E-state index < -0.39 is 10.8 Å². The fourth-order valence-corrected chi connectivity index (χ4v) is 18.6. The van der Waals surface area contributed by atoms with Gasteiger partial charge in [-0.1, -0.05) is 339 Å². The summed E-state index contributed by atoms with van der Waals surface area (Å²) in [5.74, 6) is 1.54. The molecule has 20 aromatic carbocycles. The number of phenols is 8. The van der Waals surface area contributed by atoms with E-state index in [1.807, 2.05) is 179 Å². The summed E-state index contributed by atoms with van der Waals surface area (Å²) in [7, 11) is 0. The van der Waals surface area contributed by atoms with Gasteiger partial charge in [0.2, 0.25) is 0 Å². The third-order valence-electron chi connectivity index (χ3n) is 25.9. The van der Waals surface area contributed by atoms with Gasteiger partial charge in [0.1, 0.15) is 46.0 Å². The second-order valence-electron chi connectivity index (χ2n) is 34.1. The fourth-order valence-electron chi connectivity index (χ4n) is 18.6. The maximum Gasteiger partial charge on any atom is 0.123 e. The van der Waals surface area contributed by atoms with Gasteiger partial charge in [-0.05, 0) is 259 Å². The van der Waals surface area contributed by atoms with E-state index in [-0.39, 0.29) is 57.8 Å². The summed E-state index contributed by atoms with van der Waals surface area (Å²) in [6.45, 7) is 16.7. The average molecular weight is 1670 g/mol. The number of aromatic hydroxyl groups is 8. The van der Waals surface area contributed by atoms with Crippen LogP contribution in [0.5, 0.6) is 46.0 Å². The highest BCUT2D eigenvalue weighted by Gasteiger charge is 2.36. The zero-order valence-electron chi connectivity index (χ0n) is 72.8. The molecule has 0 radical (unpaired) electrons. The molecule has 0 aliphatic rings. The minimum Gasteiger partial charge on any atom is -0.507 e. The average Bonchev–Trinajstić information content (AvgIpc) is 0.732. The van der Waals surface area contributed by atoms with E-state index in [9.17, 15) is 40.9 Å². The molecule has 0 aromatic heterocycles. The predicted molar refractivity (Wildman–Crippen MR) is 529 cm³/mol. The van der Waals surface area contributed by atoms with Crippen LogP contribution in [0.1, 0.15) is 117 Å². The van der Waals surface area contributed by atoms with Crippen LogP contribution < -0.4 is 0 Å². The number of phenolic OH excluding ortho intramolecular Hbond substituents is 8. The van der Waals surface area contributed by atoms with Crippen LogP contribution in [0, 0.1) is 27.7 Å². The van der Waals surface area contributed by atoms with Crippen LogP contribution in [0.3, 0.4) is 0 Å². The fraction of sp³-hybridized carbons (Fsp3) is 0.100. The van der Waals surface area contributed by atoms with Gasteiger partial charge in [-0.2, -0.15) is 0 Å². The number of aryl methyl sites for hydroxylation is 4. The zero-order valence-corrected chi connectivity index (χ0v) is 72.8. The van der Waals surface area contributed by atoms with Crippen molar-refractivity contribution in [3.8, 4) is 102 Å². The lowest BCUT2D eigenvalue weighted by Gasteiger charge is -2.34. The topological polar surface area (TPSA) is 162 Å². The minimum atomic E-state index is -0.552. The lowest BCUT2D eigenvalue weighted by molar-refractivity contribution is 0.468. The molecule has 8 nitrogen and oxygen atoms in total. The number of hydrogen-bond donors (Lipinski definition) is 8. The summed E-state index contributed by atoms with van der Waals surface area (Å²) in [5, 5.41) is 96.8. The lowest BCUT2D eigenvalue weighted by Crippen LogP contribution is -2.26. The van der Waals surface area contributed by atoms with Crippen LogP contribution in [0.15, 0.2) is 400 Å². The molecule has 0 saturated carbocycles. The Morgan fingerprint density at radius 2 is 0.508 bits per heavy atom. The van der Waals surface area contributed by atoms with Gasteiger partial charge in [0.15, 0.2) is 0 Å². The molecule has 2 atom stereocenters. The predicted octanol–water partition coefficient (Wildman–Crippen LogP) is 30.2. The highest BCUT2D eigenvalue weighted by atomic mass is 16.3. The molecule has 0 fully saturated rings. The van der Waals surface area contributed by atoms with Crippen LogP contribution in [-0.2, 0) is 10.8 Å². The summed E-state index contributed by atoms with van der Waals surface area (Å²) < 4.78 is 0. The van der Waals surface area contributed by atoms with E-state index >= 15 is 0 Å². The molecule has 2 unspecified atom stereocenters. The van der Waals surface area contributed by atoms with Crippen molar-refractivity contribution in [2.24, 2.45) is 0 Å². The Hall–Kier alpha value is -15.6. The molecule has 8 heteroatoms. The molecule has 20 aromatic rings. The Morgan fingerprint density at radius 3 is 0.945 bits per heavy atom. The monoisotopic (exact) mass is 1670 g/mol. The molecule has 0 heterocycles. The van der Waals surface area contributed by atoms with Gasteiger partial charge in [0.05, 0.1) is 0 Å². The Labute approximate surface area is 747 Å². The first-order valence-corrected chi connectivity index (χ1v) is 43.4. The van der Waals surface area contributed by atoms with Crippen LogP contribution in [-0.4, -0.2) is 40.9 Å². The molecule has 0 aliphatic heterocycles. The zero-order chi connectivity index (χ0) is 89.1. The Kier molecular flexibility index (Phi) is 23.7. The Balaban J connectivity index is 0.000000121. The maximum atomic E-state index is 10.9. The van der Waals surface area contributed by atoms with Crippen molar-refractivity contribution in [2.75, 3.05) is 0 Å². The van der Waals surface area contributed by atoms with E-state index in [0.29, 0.717) is 44.5 Å². The molecule has 0 aliphatic carbocycles. The van der Waals surface area contributed by atoms with Crippen molar-refractivity contribution in [3.63, 3.8) is 0 Å². The second-order valence-corrected chi connectivity index (χ2v) is 34.1. The molecule has 0 saturated heterocycles. The molecule has 0 amide bonds. The van der Waals surface area contributed by atoms with Gasteiger partial charge >= 0.3 is 0 Å². The van der Waals surface area contributed by atoms with Gasteiger partial charge in [0, 0.05) is 67.2 Å². The van der Waals surface area contributed by atoms with Crippen molar-refractivity contribution in [1.29, 1.82) is 0 Å². The number of fused-ring (bicyclic) bond motifs is 2. The quantitative estimate of drug-likeness (QED) is 0.0372. The van der Waals surface area contributed by atoms with Crippen LogP contribution in [0.25, 0.3) is 109 Å². The highest BCUT2D eigenvalue weighted by Crippen LogP contribution is 2.51. The highest BCUT2D eigenvalue weighted by molar-refractivity contribution is 6.23. The third-order valence-corrected chi connectivity index (χ3v) is 25.9. The van der Waals surface area contributed by atoms with Crippen molar-refractivity contribution >= 4 is 53.9 Å². The summed E-state index contributed by atoms with van der Waals surface area (Å²) in [6.07, 6.45) is 0. The summed E-state index contributed by atoms with van der Waals surface area (Å²) >= 11 is 0. The van der Waals surface area contributed by atoms with E-state index in [2.05, 4.69) is 228 Å². The maximum absolute atomic E-state index is 10.9. The molecule has 0 spiro atoms. The second kappa shape index (κ2) is 35.9. The van der Waals surface area contributed by atoms with Gasteiger partial charge in [-0.25, -0.2) is 0 Å². The molecule has 628 valence electrons. The molecule has 128 heavy (non-hydrogen) atoms. The van der Waals surface area contributed by atoms with Crippen LogP contribution in [0.4, 0.5) is 0 Å². The van der Waals surface area contributed by atoms with E-state index in [0.717, 1.165) is 55.6 Å². The SMILES string of the molecule is Cc1ccc(O)c(-c2cc(C(C)(c3cccc4ccccc34)c3cccc4ccccc34)ccc2O)c1.Cc1ccc(O)c(-c2cc(C(C)(c3ccccc3)c3ccccc3)ccc2O)c1.Cc1ccc(O)c(-c2cc(C(C)c3ccc(-c4ccccc4)cc3)ccc2O)c1.Cc1ccc(O)c(-c2cc(C(C)c3ccc4ccc5cccc6ccc3c4c56)ccc2O)c1. The van der Waals surface area contributed by atoms with Gasteiger partial charge in [0.25, 0.3) is 0 Å². The van der Waals surface area contributed by atoms with E-state index in [4.69, 9.17) is 0 Å².